The minimum atomic E-state index is -0.0208. The Morgan fingerprint density at radius 3 is 2.79 bits per heavy atom. The highest BCUT2D eigenvalue weighted by Crippen LogP contribution is 2.18. The lowest BCUT2D eigenvalue weighted by molar-refractivity contribution is -0.121. The van der Waals surface area contributed by atoms with E-state index in [1.54, 1.807) is 18.2 Å². The van der Waals surface area contributed by atoms with Crippen molar-refractivity contribution in [3.63, 3.8) is 0 Å². The fraction of sp³-hybridized carbons (Fsp3) is 0.533. The van der Waals surface area contributed by atoms with Crippen LogP contribution in [0.5, 0.6) is 5.75 Å². The van der Waals surface area contributed by atoms with E-state index in [0.29, 0.717) is 11.5 Å². The third-order valence-electron chi connectivity index (χ3n) is 3.82. The number of phenols is 1. The van der Waals surface area contributed by atoms with Gasteiger partial charge < -0.3 is 15.7 Å². The summed E-state index contributed by atoms with van der Waals surface area (Å²) in [6.07, 6.45) is 2.46. The second-order valence-electron chi connectivity index (χ2n) is 5.25. The van der Waals surface area contributed by atoms with Gasteiger partial charge in [-0.25, -0.2) is 0 Å². The maximum Gasteiger partial charge on any atom is 0.224 e. The van der Waals surface area contributed by atoms with Gasteiger partial charge in [-0.15, -0.1) is 0 Å². The highest BCUT2D eigenvalue weighted by atomic mass is 16.3. The number of carbonyl (C=O) groups excluding carboxylic acids is 1. The Morgan fingerprint density at radius 1 is 1.42 bits per heavy atom. The summed E-state index contributed by atoms with van der Waals surface area (Å²) >= 11 is 0. The van der Waals surface area contributed by atoms with Crippen molar-refractivity contribution in [2.45, 2.75) is 32.2 Å². The summed E-state index contributed by atoms with van der Waals surface area (Å²) in [4.78, 5) is 12.0. The predicted octanol–water partition coefficient (Wildman–Crippen LogP) is 1.44. The monoisotopic (exact) mass is 262 g/mol. The van der Waals surface area contributed by atoms with Crippen molar-refractivity contribution in [2.75, 3.05) is 13.1 Å². The van der Waals surface area contributed by atoms with Crippen molar-refractivity contribution >= 4 is 5.91 Å². The standard InChI is InChI=1S/C15H22N2O2/c1-11(12-6-8-16-9-7-12)17-15(19)10-13-4-2-3-5-14(13)18/h2-5,11-12,16,18H,6-10H2,1H3,(H,17,19). The molecule has 0 saturated carbocycles. The summed E-state index contributed by atoms with van der Waals surface area (Å²) in [5.74, 6) is 0.717. The number of amides is 1. The molecule has 1 fully saturated rings. The minimum absolute atomic E-state index is 0.0208. The van der Waals surface area contributed by atoms with Crippen molar-refractivity contribution in [1.82, 2.24) is 10.6 Å². The summed E-state index contributed by atoms with van der Waals surface area (Å²) < 4.78 is 0. The van der Waals surface area contributed by atoms with Crippen LogP contribution in [0.15, 0.2) is 24.3 Å². The van der Waals surface area contributed by atoms with Crippen LogP contribution in [-0.2, 0) is 11.2 Å². The van der Waals surface area contributed by atoms with Gasteiger partial charge in [0.15, 0.2) is 0 Å². The van der Waals surface area contributed by atoms with Gasteiger partial charge in [0.2, 0.25) is 5.91 Å². The molecular weight excluding hydrogens is 240 g/mol. The number of benzene rings is 1. The lowest BCUT2D eigenvalue weighted by atomic mass is 9.91. The first kappa shape index (κ1) is 13.9. The first-order valence-corrected chi connectivity index (χ1v) is 6.94. The van der Waals surface area contributed by atoms with Gasteiger partial charge in [-0.05, 0) is 44.8 Å². The Balaban J connectivity index is 1.85. The van der Waals surface area contributed by atoms with Gasteiger partial charge in [0.1, 0.15) is 5.75 Å². The molecule has 4 nitrogen and oxygen atoms in total. The maximum atomic E-state index is 12.0. The van der Waals surface area contributed by atoms with Crippen LogP contribution in [-0.4, -0.2) is 30.1 Å². The summed E-state index contributed by atoms with van der Waals surface area (Å²) in [6.45, 7) is 4.13. The highest BCUT2D eigenvalue weighted by molar-refractivity contribution is 5.79. The molecule has 1 atom stereocenters. The molecule has 1 saturated heterocycles. The molecule has 1 amide bonds. The molecule has 104 valence electrons. The molecule has 19 heavy (non-hydrogen) atoms. The molecule has 1 aromatic rings. The number of hydrogen-bond donors (Lipinski definition) is 3. The fourth-order valence-electron chi connectivity index (χ4n) is 2.60. The van der Waals surface area contributed by atoms with E-state index >= 15 is 0 Å². The number of nitrogens with one attached hydrogen (secondary N) is 2. The number of carbonyl (C=O) groups is 1. The van der Waals surface area contributed by atoms with E-state index in [1.807, 2.05) is 6.07 Å². The fourth-order valence-corrected chi connectivity index (χ4v) is 2.60. The van der Waals surface area contributed by atoms with Gasteiger partial charge in [0.05, 0.1) is 6.42 Å². The third kappa shape index (κ3) is 3.96. The van der Waals surface area contributed by atoms with Gasteiger partial charge in [0, 0.05) is 11.6 Å². The van der Waals surface area contributed by atoms with Gasteiger partial charge >= 0.3 is 0 Å². The second kappa shape index (κ2) is 6.57. The average molecular weight is 262 g/mol. The lowest BCUT2D eigenvalue weighted by Crippen LogP contribution is -2.43. The summed E-state index contributed by atoms with van der Waals surface area (Å²) in [5, 5.41) is 16.0. The van der Waals surface area contributed by atoms with E-state index in [1.165, 1.54) is 0 Å². The minimum Gasteiger partial charge on any atom is -0.508 e. The van der Waals surface area contributed by atoms with Crippen LogP contribution >= 0.6 is 0 Å². The average Bonchev–Trinajstić information content (AvgIpc) is 2.42. The first-order chi connectivity index (χ1) is 9.16. The molecule has 1 unspecified atom stereocenters. The third-order valence-corrected chi connectivity index (χ3v) is 3.82. The van der Waals surface area contributed by atoms with Crippen LogP contribution < -0.4 is 10.6 Å². The van der Waals surface area contributed by atoms with Crippen molar-refractivity contribution < 1.29 is 9.90 Å². The molecule has 1 aliphatic rings. The molecule has 0 bridgehead atoms. The molecule has 2 rings (SSSR count). The molecule has 0 spiro atoms. The Morgan fingerprint density at radius 2 is 2.11 bits per heavy atom. The first-order valence-electron chi connectivity index (χ1n) is 6.94. The maximum absolute atomic E-state index is 12.0. The zero-order valence-corrected chi connectivity index (χ0v) is 11.4. The van der Waals surface area contributed by atoms with Gasteiger partial charge in [-0.3, -0.25) is 4.79 Å². The SMILES string of the molecule is CC(NC(=O)Cc1ccccc1O)C1CCNCC1. The van der Waals surface area contributed by atoms with Crippen molar-refractivity contribution in [1.29, 1.82) is 0 Å². The largest absolute Gasteiger partial charge is 0.508 e. The van der Waals surface area contributed by atoms with E-state index in [9.17, 15) is 9.90 Å². The van der Waals surface area contributed by atoms with E-state index in [0.717, 1.165) is 25.9 Å². The second-order valence-corrected chi connectivity index (χ2v) is 5.25. The van der Waals surface area contributed by atoms with Crippen LogP contribution in [0.2, 0.25) is 0 Å². The zero-order valence-electron chi connectivity index (χ0n) is 11.4. The Kier molecular flexibility index (Phi) is 4.80. The molecule has 1 aliphatic heterocycles. The van der Waals surface area contributed by atoms with Crippen LogP contribution in [0, 0.1) is 5.92 Å². The summed E-state index contributed by atoms with van der Waals surface area (Å²) in [7, 11) is 0. The summed E-state index contributed by atoms with van der Waals surface area (Å²) in [5.41, 5.74) is 0.678. The van der Waals surface area contributed by atoms with Crippen molar-refractivity contribution in [3.05, 3.63) is 29.8 Å². The molecule has 0 aromatic heterocycles. The van der Waals surface area contributed by atoms with E-state index in [4.69, 9.17) is 0 Å². The molecular formula is C15H22N2O2. The molecule has 1 aromatic carbocycles. The molecule has 0 aliphatic carbocycles. The molecule has 1 heterocycles. The normalized spacial score (nSPS) is 17.9. The van der Waals surface area contributed by atoms with Gasteiger partial charge in [-0.2, -0.15) is 0 Å². The Labute approximate surface area is 114 Å². The summed E-state index contributed by atoms with van der Waals surface area (Å²) in [6, 6.07) is 7.18. The molecule has 3 N–H and O–H groups in total. The van der Waals surface area contributed by atoms with Crippen molar-refractivity contribution in [2.24, 2.45) is 5.92 Å². The number of phenolic OH excluding ortho intramolecular Hbond substituents is 1. The van der Waals surface area contributed by atoms with E-state index in [2.05, 4.69) is 17.6 Å². The van der Waals surface area contributed by atoms with E-state index < -0.39 is 0 Å². The smallest absolute Gasteiger partial charge is 0.224 e. The lowest BCUT2D eigenvalue weighted by Gasteiger charge is -2.28. The van der Waals surface area contributed by atoms with Crippen LogP contribution in [0.1, 0.15) is 25.3 Å². The number of aromatic hydroxyl groups is 1. The van der Waals surface area contributed by atoms with Crippen molar-refractivity contribution in [3.8, 4) is 5.75 Å². The van der Waals surface area contributed by atoms with Crippen LogP contribution in [0.25, 0.3) is 0 Å². The number of rotatable bonds is 4. The number of piperidine rings is 1. The van der Waals surface area contributed by atoms with Crippen LogP contribution in [0.4, 0.5) is 0 Å². The predicted molar refractivity (Wildman–Crippen MR) is 75.0 cm³/mol. The van der Waals surface area contributed by atoms with Gasteiger partial charge in [0.25, 0.3) is 0 Å². The Bertz CT molecular complexity index is 428. The molecule has 0 radical (unpaired) electrons. The van der Waals surface area contributed by atoms with Gasteiger partial charge in [-0.1, -0.05) is 18.2 Å². The Hall–Kier alpha value is -1.55. The highest BCUT2D eigenvalue weighted by Gasteiger charge is 2.21. The number of hydrogen-bond acceptors (Lipinski definition) is 3. The van der Waals surface area contributed by atoms with E-state index in [-0.39, 0.29) is 24.1 Å². The van der Waals surface area contributed by atoms with Crippen LogP contribution in [0.3, 0.4) is 0 Å². The quantitative estimate of drug-likeness (QED) is 0.769. The molecule has 4 heteroatoms. The topological polar surface area (TPSA) is 61.4 Å². The zero-order chi connectivity index (χ0) is 13.7. The number of para-hydroxylation sites is 1.